The van der Waals surface area contributed by atoms with E-state index in [0.29, 0.717) is 22.3 Å². The van der Waals surface area contributed by atoms with Crippen LogP contribution >= 0.6 is 11.6 Å². The van der Waals surface area contributed by atoms with E-state index in [1.165, 1.54) is 19.3 Å². The van der Waals surface area contributed by atoms with Crippen molar-refractivity contribution in [3.05, 3.63) is 71.7 Å². The fourth-order valence-electron chi connectivity index (χ4n) is 4.09. The molecule has 1 aliphatic rings. The average molecular weight is 557 g/mol. The van der Waals surface area contributed by atoms with Crippen LogP contribution in [0.4, 0.5) is 5.95 Å². The predicted octanol–water partition coefficient (Wildman–Crippen LogP) is 3.46. The van der Waals surface area contributed by atoms with Gasteiger partial charge in [0.25, 0.3) is 0 Å². The van der Waals surface area contributed by atoms with E-state index >= 15 is 0 Å². The van der Waals surface area contributed by atoms with E-state index in [9.17, 15) is 8.42 Å². The number of nitrogens with zero attached hydrogens (tertiary/aromatic N) is 7. The van der Waals surface area contributed by atoms with Gasteiger partial charge in [0, 0.05) is 31.0 Å². The predicted molar refractivity (Wildman–Crippen MR) is 139 cm³/mol. The molecule has 3 atom stereocenters. The highest BCUT2D eigenvalue weighted by Crippen LogP contribution is 2.37. The molecule has 14 heteroatoms. The van der Waals surface area contributed by atoms with E-state index in [4.69, 9.17) is 21.1 Å². The third-order valence-corrected chi connectivity index (χ3v) is 7.82. The molecular formula is C24H25ClN8O4S. The van der Waals surface area contributed by atoms with Crippen LogP contribution in [-0.4, -0.2) is 61.1 Å². The molecule has 12 nitrogen and oxygen atoms in total. The molecule has 1 N–H and O–H groups in total. The lowest BCUT2D eigenvalue weighted by Gasteiger charge is -2.26. The molecule has 5 rings (SSSR count). The van der Waals surface area contributed by atoms with Crippen molar-refractivity contribution in [2.75, 3.05) is 11.3 Å². The Kier molecular flexibility index (Phi) is 7.23. The highest BCUT2D eigenvalue weighted by molar-refractivity contribution is 7.93. The van der Waals surface area contributed by atoms with Crippen LogP contribution in [-0.2, 0) is 14.8 Å². The molecule has 38 heavy (non-hydrogen) atoms. The third kappa shape index (κ3) is 5.17. The van der Waals surface area contributed by atoms with Gasteiger partial charge >= 0.3 is 0 Å². The van der Waals surface area contributed by atoms with Crippen LogP contribution in [0, 0.1) is 0 Å². The van der Waals surface area contributed by atoms with Gasteiger partial charge in [-0.15, -0.1) is 10.2 Å². The molecule has 2 unspecified atom stereocenters. The normalized spacial score (nSPS) is 16.6. The maximum absolute atomic E-state index is 13.7. The maximum atomic E-state index is 13.7. The van der Waals surface area contributed by atoms with E-state index in [0.717, 1.165) is 5.56 Å². The molecule has 0 aromatic carbocycles. The zero-order chi connectivity index (χ0) is 26.9. The summed E-state index contributed by atoms with van der Waals surface area (Å²) in [5.41, 5.74) is 1.37. The van der Waals surface area contributed by atoms with Crippen molar-refractivity contribution in [2.45, 2.75) is 44.3 Å². The van der Waals surface area contributed by atoms with E-state index in [1.54, 1.807) is 55.2 Å². The van der Waals surface area contributed by atoms with E-state index in [-0.39, 0.29) is 24.5 Å². The summed E-state index contributed by atoms with van der Waals surface area (Å²) in [6, 6.07) is 6.72. The SMILES string of the molecule is CC(C)OC(c1ncc(Cl)cn1)C(C)S(=O)(=O)Nc1nnc2n1[C@H](c1cccnc1)COc1ncccc1-2. The van der Waals surface area contributed by atoms with Crippen LogP contribution in [0.5, 0.6) is 5.88 Å². The van der Waals surface area contributed by atoms with Gasteiger partial charge in [-0.3, -0.25) is 14.3 Å². The molecule has 0 aliphatic carbocycles. The van der Waals surface area contributed by atoms with Crippen molar-refractivity contribution in [3.8, 4) is 17.3 Å². The molecule has 0 saturated heterocycles. The Morgan fingerprint density at radius 2 is 1.84 bits per heavy atom. The van der Waals surface area contributed by atoms with Gasteiger partial charge in [-0.1, -0.05) is 17.7 Å². The summed E-state index contributed by atoms with van der Waals surface area (Å²) in [6.07, 6.45) is 6.49. The van der Waals surface area contributed by atoms with Crippen LogP contribution < -0.4 is 9.46 Å². The number of aromatic nitrogens is 7. The Balaban J connectivity index is 1.55. The first kappa shape index (κ1) is 25.9. The zero-order valence-electron chi connectivity index (χ0n) is 20.8. The van der Waals surface area contributed by atoms with Crippen LogP contribution in [0.2, 0.25) is 5.02 Å². The molecule has 0 bridgehead atoms. The van der Waals surface area contributed by atoms with E-state index in [1.807, 2.05) is 6.07 Å². The van der Waals surface area contributed by atoms with Gasteiger partial charge in [-0.25, -0.2) is 23.4 Å². The molecule has 0 amide bonds. The standard InChI is InChI=1S/C24H25ClN8O4S/c1-14(2)37-20(21-28-11-17(25)12-29-21)15(3)38(34,35)32-24-31-30-22-18-7-5-9-27-23(18)36-13-19(33(22)24)16-6-4-8-26-10-16/h4-12,14-15,19-20H,13H2,1-3H3,(H,31,32)/t15?,19-,20?/m0/s1. The molecule has 4 aromatic rings. The van der Waals surface area contributed by atoms with Gasteiger partial charge in [0.1, 0.15) is 18.0 Å². The van der Waals surface area contributed by atoms with Crippen molar-refractivity contribution >= 4 is 27.6 Å². The number of sulfonamides is 1. The molecule has 1 aliphatic heterocycles. The van der Waals surface area contributed by atoms with E-state index in [2.05, 4.69) is 34.9 Å². The lowest BCUT2D eigenvalue weighted by Crippen LogP contribution is -2.35. The van der Waals surface area contributed by atoms with E-state index < -0.39 is 27.4 Å². The highest BCUT2D eigenvalue weighted by Gasteiger charge is 2.37. The zero-order valence-corrected chi connectivity index (χ0v) is 22.3. The van der Waals surface area contributed by atoms with Crippen LogP contribution in [0.1, 0.15) is 44.3 Å². The Morgan fingerprint density at radius 3 is 2.55 bits per heavy atom. The second-order valence-electron chi connectivity index (χ2n) is 8.90. The molecule has 0 fully saturated rings. The van der Waals surface area contributed by atoms with Crippen molar-refractivity contribution in [1.29, 1.82) is 0 Å². The smallest absolute Gasteiger partial charge is 0.240 e. The van der Waals surface area contributed by atoms with Gasteiger partial charge in [0.15, 0.2) is 11.6 Å². The summed E-state index contributed by atoms with van der Waals surface area (Å²) in [5.74, 6) is 0.991. The number of halogens is 1. The fourth-order valence-corrected chi connectivity index (χ4v) is 5.28. The quantitative estimate of drug-likeness (QED) is 0.342. The summed E-state index contributed by atoms with van der Waals surface area (Å²) >= 11 is 5.93. The summed E-state index contributed by atoms with van der Waals surface area (Å²) < 4.78 is 43.7. The molecule has 0 saturated carbocycles. The van der Waals surface area contributed by atoms with Gasteiger partial charge in [-0.2, -0.15) is 0 Å². The summed E-state index contributed by atoms with van der Waals surface area (Å²) in [4.78, 5) is 16.9. The average Bonchev–Trinajstić information content (AvgIpc) is 3.22. The molecule has 5 heterocycles. The van der Waals surface area contributed by atoms with Crippen LogP contribution in [0.15, 0.2) is 55.2 Å². The lowest BCUT2D eigenvalue weighted by atomic mass is 10.1. The fraction of sp³-hybridized carbons (Fsp3) is 0.333. The Bertz CT molecular complexity index is 1520. The van der Waals surface area contributed by atoms with Crippen molar-refractivity contribution < 1.29 is 17.9 Å². The number of pyridine rings is 2. The topological polar surface area (TPSA) is 147 Å². The molecule has 0 radical (unpaired) electrons. The van der Waals surface area contributed by atoms with Gasteiger partial charge in [0.05, 0.1) is 22.7 Å². The Morgan fingerprint density at radius 1 is 1.08 bits per heavy atom. The van der Waals surface area contributed by atoms with Crippen molar-refractivity contribution in [3.63, 3.8) is 0 Å². The monoisotopic (exact) mass is 556 g/mol. The molecule has 4 aromatic heterocycles. The minimum atomic E-state index is -4.10. The number of fused-ring (bicyclic) bond motifs is 3. The molecular weight excluding hydrogens is 532 g/mol. The summed E-state index contributed by atoms with van der Waals surface area (Å²) in [5, 5.41) is 7.75. The first-order valence-electron chi connectivity index (χ1n) is 11.8. The first-order valence-corrected chi connectivity index (χ1v) is 13.7. The van der Waals surface area contributed by atoms with Crippen molar-refractivity contribution in [1.82, 2.24) is 34.7 Å². The number of hydrogen-bond acceptors (Lipinski definition) is 10. The Hall–Kier alpha value is -3.68. The maximum Gasteiger partial charge on any atom is 0.240 e. The van der Waals surface area contributed by atoms with Gasteiger partial charge in [0.2, 0.25) is 21.9 Å². The third-order valence-electron chi connectivity index (χ3n) is 5.93. The minimum Gasteiger partial charge on any atom is -0.475 e. The Labute approximate surface area is 224 Å². The summed E-state index contributed by atoms with van der Waals surface area (Å²) in [7, 11) is -4.10. The number of ether oxygens (including phenoxy) is 2. The van der Waals surface area contributed by atoms with Crippen molar-refractivity contribution in [2.24, 2.45) is 0 Å². The largest absolute Gasteiger partial charge is 0.475 e. The number of anilines is 1. The minimum absolute atomic E-state index is 0.0151. The van der Waals surface area contributed by atoms with Crippen LogP contribution in [0.25, 0.3) is 11.4 Å². The second-order valence-corrected chi connectivity index (χ2v) is 11.4. The summed E-state index contributed by atoms with van der Waals surface area (Å²) in [6.45, 7) is 5.28. The molecule has 0 spiro atoms. The highest BCUT2D eigenvalue weighted by atomic mass is 35.5. The van der Waals surface area contributed by atoms with Crippen LogP contribution in [0.3, 0.4) is 0 Å². The van der Waals surface area contributed by atoms with Gasteiger partial charge < -0.3 is 9.47 Å². The molecule has 198 valence electrons. The lowest BCUT2D eigenvalue weighted by molar-refractivity contribution is 0.00154. The number of nitrogens with one attached hydrogen (secondary N) is 1. The van der Waals surface area contributed by atoms with Gasteiger partial charge in [-0.05, 0) is 44.5 Å². The number of rotatable bonds is 8. The number of hydrogen-bond donors (Lipinski definition) is 1. The first-order chi connectivity index (χ1) is 18.2. The second kappa shape index (κ2) is 10.6.